The van der Waals surface area contributed by atoms with Gasteiger partial charge in [0.2, 0.25) is 0 Å². The van der Waals surface area contributed by atoms with Gasteiger partial charge in [0.1, 0.15) is 5.82 Å². The molecule has 0 saturated heterocycles. The average molecular weight is 331 g/mol. The lowest BCUT2D eigenvalue weighted by atomic mass is 10.1. The van der Waals surface area contributed by atoms with E-state index >= 15 is 0 Å². The first kappa shape index (κ1) is 14.7. The van der Waals surface area contributed by atoms with Crippen LogP contribution in [-0.2, 0) is 0 Å². The molecule has 2 aromatic heterocycles. The summed E-state index contributed by atoms with van der Waals surface area (Å²) in [6, 6.07) is 24.2. The van der Waals surface area contributed by atoms with Crippen molar-refractivity contribution in [1.82, 2.24) is 9.38 Å². The zero-order chi connectivity index (χ0) is 16.4. The van der Waals surface area contributed by atoms with E-state index in [1.54, 1.807) is 0 Å². The van der Waals surface area contributed by atoms with Gasteiger partial charge in [0, 0.05) is 16.8 Å². The first-order valence-electron chi connectivity index (χ1n) is 7.77. The number of fused-ring (bicyclic) bond motifs is 1. The molecule has 0 aliphatic heterocycles. The second-order valence-corrected chi connectivity index (χ2v) is 5.96. The first-order chi connectivity index (χ1) is 11.8. The van der Waals surface area contributed by atoms with Crippen LogP contribution in [0.25, 0.3) is 28.9 Å². The molecule has 0 saturated carbocycles. The van der Waals surface area contributed by atoms with Crippen molar-refractivity contribution in [3.05, 3.63) is 95.4 Å². The molecule has 4 rings (SSSR count). The van der Waals surface area contributed by atoms with Crippen LogP contribution in [0.3, 0.4) is 0 Å². The third kappa shape index (κ3) is 2.84. The fourth-order valence-electron chi connectivity index (χ4n) is 2.73. The fraction of sp³-hybridized carbons (Fsp3) is 0. The summed E-state index contributed by atoms with van der Waals surface area (Å²) in [5.41, 5.74) is 4.30. The highest BCUT2D eigenvalue weighted by molar-refractivity contribution is 6.30. The zero-order valence-corrected chi connectivity index (χ0v) is 13.7. The summed E-state index contributed by atoms with van der Waals surface area (Å²) in [4.78, 5) is 4.84. The van der Waals surface area contributed by atoms with Gasteiger partial charge in [0.15, 0.2) is 0 Å². The van der Waals surface area contributed by atoms with Crippen molar-refractivity contribution < 1.29 is 0 Å². The minimum atomic E-state index is 0.741. The van der Waals surface area contributed by atoms with Crippen molar-refractivity contribution in [2.45, 2.75) is 0 Å². The summed E-state index contributed by atoms with van der Waals surface area (Å²) in [7, 11) is 0. The van der Waals surface area contributed by atoms with Crippen molar-refractivity contribution in [2.75, 3.05) is 0 Å². The van der Waals surface area contributed by atoms with Gasteiger partial charge in [-0.3, -0.25) is 4.40 Å². The molecule has 24 heavy (non-hydrogen) atoms. The van der Waals surface area contributed by atoms with Gasteiger partial charge in [-0.2, -0.15) is 0 Å². The van der Waals surface area contributed by atoms with Crippen molar-refractivity contribution >= 4 is 29.3 Å². The van der Waals surface area contributed by atoms with Crippen LogP contribution >= 0.6 is 11.6 Å². The van der Waals surface area contributed by atoms with E-state index in [0.29, 0.717) is 0 Å². The Balaban J connectivity index is 1.80. The standard InChI is InChI=1S/C21H15ClN2/c22-18-12-9-16(10-13-18)11-14-20-23-21(17-6-2-1-3-7-17)19-8-4-5-15-24(19)20/h1-15H/b14-11+. The van der Waals surface area contributed by atoms with E-state index in [2.05, 4.69) is 22.6 Å². The van der Waals surface area contributed by atoms with Gasteiger partial charge >= 0.3 is 0 Å². The Kier molecular flexibility index (Phi) is 3.89. The molecule has 116 valence electrons. The van der Waals surface area contributed by atoms with Crippen LogP contribution < -0.4 is 0 Å². The highest BCUT2D eigenvalue weighted by Gasteiger charge is 2.10. The zero-order valence-electron chi connectivity index (χ0n) is 12.9. The lowest BCUT2D eigenvalue weighted by Crippen LogP contribution is -1.85. The summed E-state index contributed by atoms with van der Waals surface area (Å²) in [6.07, 6.45) is 6.12. The Bertz CT molecular complexity index is 999. The molecule has 0 N–H and O–H groups in total. The van der Waals surface area contributed by atoms with Gasteiger partial charge in [-0.15, -0.1) is 0 Å². The summed E-state index contributed by atoms with van der Waals surface area (Å²) < 4.78 is 2.11. The molecular formula is C21H15ClN2. The van der Waals surface area contributed by atoms with Gasteiger partial charge in [0.25, 0.3) is 0 Å². The highest BCUT2D eigenvalue weighted by atomic mass is 35.5. The van der Waals surface area contributed by atoms with Crippen LogP contribution in [0.15, 0.2) is 79.0 Å². The van der Waals surface area contributed by atoms with Crippen LogP contribution in [-0.4, -0.2) is 9.38 Å². The van der Waals surface area contributed by atoms with E-state index in [9.17, 15) is 0 Å². The Morgan fingerprint density at radius 2 is 1.54 bits per heavy atom. The highest BCUT2D eigenvalue weighted by Crippen LogP contribution is 2.25. The van der Waals surface area contributed by atoms with Crippen LogP contribution in [0.5, 0.6) is 0 Å². The van der Waals surface area contributed by atoms with Gasteiger partial charge in [-0.05, 0) is 35.9 Å². The van der Waals surface area contributed by atoms with Crippen LogP contribution in [0.4, 0.5) is 0 Å². The second-order valence-electron chi connectivity index (χ2n) is 5.53. The van der Waals surface area contributed by atoms with E-state index in [4.69, 9.17) is 16.6 Å². The van der Waals surface area contributed by atoms with Crippen LogP contribution in [0.1, 0.15) is 11.4 Å². The van der Waals surface area contributed by atoms with Crippen molar-refractivity contribution in [2.24, 2.45) is 0 Å². The predicted molar refractivity (Wildman–Crippen MR) is 101 cm³/mol. The SMILES string of the molecule is Clc1ccc(/C=C/c2nc(-c3ccccc3)c3ccccn23)cc1. The van der Waals surface area contributed by atoms with Gasteiger partial charge in [-0.1, -0.05) is 66.2 Å². The molecule has 0 fully saturated rings. The Morgan fingerprint density at radius 1 is 0.792 bits per heavy atom. The van der Waals surface area contributed by atoms with E-state index in [-0.39, 0.29) is 0 Å². The molecule has 2 heterocycles. The number of halogens is 1. The molecule has 0 unspecified atom stereocenters. The maximum absolute atomic E-state index is 5.94. The van der Waals surface area contributed by atoms with Crippen LogP contribution in [0.2, 0.25) is 5.02 Å². The molecule has 2 nitrogen and oxygen atoms in total. The number of aromatic nitrogens is 2. The molecule has 0 aliphatic rings. The normalized spacial score (nSPS) is 11.4. The monoisotopic (exact) mass is 330 g/mol. The molecular weight excluding hydrogens is 316 g/mol. The summed E-state index contributed by atoms with van der Waals surface area (Å²) >= 11 is 5.94. The summed E-state index contributed by atoms with van der Waals surface area (Å²) in [5, 5.41) is 0.741. The number of rotatable bonds is 3. The molecule has 4 aromatic rings. The quantitative estimate of drug-likeness (QED) is 0.462. The van der Waals surface area contributed by atoms with Gasteiger partial charge in [-0.25, -0.2) is 4.98 Å². The molecule has 0 radical (unpaired) electrons. The third-order valence-corrected chi connectivity index (χ3v) is 4.17. The molecule has 2 aromatic carbocycles. The Labute approximate surface area is 145 Å². The maximum Gasteiger partial charge on any atom is 0.137 e. The minimum Gasteiger partial charge on any atom is -0.300 e. The number of benzene rings is 2. The molecule has 0 amide bonds. The van der Waals surface area contributed by atoms with E-state index in [0.717, 1.165) is 33.2 Å². The smallest absolute Gasteiger partial charge is 0.137 e. The predicted octanol–water partition coefficient (Wildman–Crippen LogP) is 5.83. The van der Waals surface area contributed by atoms with Crippen molar-refractivity contribution in [3.8, 4) is 11.3 Å². The van der Waals surface area contributed by atoms with Crippen molar-refractivity contribution in [3.63, 3.8) is 0 Å². The molecule has 0 aliphatic carbocycles. The lowest BCUT2D eigenvalue weighted by molar-refractivity contribution is 1.12. The summed E-state index contributed by atoms with van der Waals surface area (Å²) in [5.74, 6) is 0.902. The Hall–Kier alpha value is -2.84. The van der Waals surface area contributed by atoms with Gasteiger partial charge < -0.3 is 0 Å². The number of hydrogen-bond donors (Lipinski definition) is 0. The largest absolute Gasteiger partial charge is 0.300 e. The third-order valence-electron chi connectivity index (χ3n) is 3.92. The van der Waals surface area contributed by atoms with E-state index < -0.39 is 0 Å². The molecule has 0 atom stereocenters. The number of pyridine rings is 1. The van der Waals surface area contributed by atoms with Crippen LogP contribution in [0, 0.1) is 0 Å². The van der Waals surface area contributed by atoms with E-state index in [1.165, 1.54) is 0 Å². The molecule has 0 bridgehead atoms. The van der Waals surface area contributed by atoms with Crippen molar-refractivity contribution in [1.29, 1.82) is 0 Å². The lowest BCUT2D eigenvalue weighted by Gasteiger charge is -1.98. The fourth-order valence-corrected chi connectivity index (χ4v) is 2.86. The molecule has 3 heteroatoms. The van der Waals surface area contributed by atoms with E-state index in [1.807, 2.05) is 72.9 Å². The second kappa shape index (κ2) is 6.34. The number of nitrogens with zero attached hydrogens (tertiary/aromatic N) is 2. The molecule has 0 spiro atoms. The average Bonchev–Trinajstić information content (AvgIpc) is 3.01. The Morgan fingerprint density at radius 3 is 2.33 bits per heavy atom. The summed E-state index contributed by atoms with van der Waals surface area (Å²) in [6.45, 7) is 0. The maximum atomic E-state index is 5.94. The topological polar surface area (TPSA) is 17.3 Å². The number of hydrogen-bond acceptors (Lipinski definition) is 1. The minimum absolute atomic E-state index is 0.741. The van der Waals surface area contributed by atoms with Gasteiger partial charge in [0.05, 0.1) is 11.2 Å². The first-order valence-corrected chi connectivity index (χ1v) is 8.15. The number of imidazole rings is 1.